The topological polar surface area (TPSA) is 96.0 Å². The third-order valence-corrected chi connectivity index (χ3v) is 6.06. The zero-order valence-corrected chi connectivity index (χ0v) is 18.4. The molecule has 2 unspecified atom stereocenters. The lowest BCUT2D eigenvalue weighted by Gasteiger charge is -2.36. The van der Waals surface area contributed by atoms with Crippen LogP contribution in [0.4, 0.5) is 0 Å². The van der Waals surface area contributed by atoms with Gasteiger partial charge in [0.05, 0.1) is 20.6 Å². The van der Waals surface area contributed by atoms with E-state index in [1.165, 1.54) is 0 Å². The number of rotatable bonds is 6. The highest BCUT2D eigenvalue weighted by molar-refractivity contribution is 5.83. The molecule has 4 rings (SSSR count). The van der Waals surface area contributed by atoms with Gasteiger partial charge in [-0.15, -0.1) is 0 Å². The van der Waals surface area contributed by atoms with Crippen molar-refractivity contribution < 1.29 is 19.1 Å². The van der Waals surface area contributed by atoms with Crippen LogP contribution in [0.25, 0.3) is 0 Å². The van der Waals surface area contributed by atoms with Crippen LogP contribution in [0.3, 0.4) is 0 Å². The molecule has 9 heteroatoms. The highest BCUT2D eigenvalue weighted by Crippen LogP contribution is 2.28. The largest absolute Gasteiger partial charge is 0.493 e. The number of methoxy groups -OCH3 is 2. The molecule has 32 heavy (non-hydrogen) atoms. The maximum absolute atomic E-state index is 13.0. The average molecular weight is 440 g/mol. The van der Waals surface area contributed by atoms with Crippen molar-refractivity contribution in [3.05, 3.63) is 53.9 Å². The fourth-order valence-corrected chi connectivity index (χ4v) is 4.21. The summed E-state index contributed by atoms with van der Waals surface area (Å²) < 4.78 is 10.6. The van der Waals surface area contributed by atoms with Crippen molar-refractivity contribution in [2.75, 3.05) is 40.4 Å². The third-order valence-electron chi connectivity index (χ3n) is 6.06. The summed E-state index contributed by atoms with van der Waals surface area (Å²) >= 11 is 0. The Balaban J connectivity index is 1.27. The Morgan fingerprint density at radius 3 is 2.34 bits per heavy atom. The molecule has 0 aliphatic carbocycles. The van der Waals surface area contributed by atoms with Crippen molar-refractivity contribution in [2.45, 2.75) is 24.9 Å². The van der Waals surface area contributed by atoms with Crippen LogP contribution in [0.15, 0.2) is 42.7 Å². The minimum absolute atomic E-state index is 0.0442. The molecule has 0 radical (unpaired) electrons. The number of pyridine rings is 1. The van der Waals surface area contributed by atoms with Crippen molar-refractivity contribution in [3.63, 3.8) is 0 Å². The maximum Gasteiger partial charge on any atom is 0.241 e. The summed E-state index contributed by atoms with van der Waals surface area (Å²) in [5.74, 6) is 1.36. The van der Waals surface area contributed by atoms with Crippen LogP contribution in [0, 0.1) is 0 Å². The van der Waals surface area contributed by atoms with Crippen molar-refractivity contribution in [3.8, 4) is 11.5 Å². The summed E-state index contributed by atoms with van der Waals surface area (Å²) in [5, 5.41) is 0. The van der Waals surface area contributed by atoms with Gasteiger partial charge in [0.25, 0.3) is 0 Å². The molecule has 2 N–H and O–H groups in total. The van der Waals surface area contributed by atoms with E-state index in [-0.39, 0.29) is 30.3 Å². The summed E-state index contributed by atoms with van der Waals surface area (Å²) in [4.78, 5) is 33.4. The van der Waals surface area contributed by atoms with Crippen LogP contribution in [0.1, 0.15) is 23.6 Å². The summed E-state index contributed by atoms with van der Waals surface area (Å²) in [7, 11) is 3.16. The summed E-state index contributed by atoms with van der Waals surface area (Å²) in [5.41, 5.74) is 8.31. The zero-order valence-electron chi connectivity index (χ0n) is 18.4. The Kier molecular flexibility index (Phi) is 6.87. The fraction of sp³-hybridized carbons (Fsp3) is 0.435. The van der Waals surface area contributed by atoms with Gasteiger partial charge in [0.15, 0.2) is 11.5 Å². The van der Waals surface area contributed by atoms with E-state index < -0.39 is 0 Å². The monoisotopic (exact) mass is 439 g/mol. The fourth-order valence-electron chi connectivity index (χ4n) is 4.21. The number of carbonyl (C=O) groups is 2. The molecule has 2 fully saturated rings. The van der Waals surface area contributed by atoms with Gasteiger partial charge in [-0.1, -0.05) is 6.07 Å². The standard InChI is InChI=1S/C23H29N5O4/c1-31-20-4-3-16(13-21(20)32-2)14-22(29)27-9-11-28(12-10-27)23(30)19-15-18(25-26-19)17-5-7-24-8-6-17/h3-8,13,18-19,25-26H,9-12,14-15H2,1-2H3. The number of hydrazine groups is 1. The number of nitrogens with one attached hydrogen (secondary N) is 2. The maximum atomic E-state index is 13.0. The van der Waals surface area contributed by atoms with Gasteiger partial charge >= 0.3 is 0 Å². The van der Waals surface area contributed by atoms with E-state index in [1.807, 2.05) is 34.1 Å². The Morgan fingerprint density at radius 2 is 1.66 bits per heavy atom. The SMILES string of the molecule is COc1ccc(CC(=O)N2CCN(C(=O)C3CC(c4ccncc4)NN3)CC2)cc1OC. The number of hydrogen-bond donors (Lipinski definition) is 2. The first kappa shape index (κ1) is 22.0. The van der Waals surface area contributed by atoms with Crippen LogP contribution < -0.4 is 20.3 Å². The van der Waals surface area contributed by atoms with E-state index in [0.29, 0.717) is 44.1 Å². The molecule has 0 bridgehead atoms. The van der Waals surface area contributed by atoms with Gasteiger partial charge in [0.1, 0.15) is 6.04 Å². The van der Waals surface area contributed by atoms with Gasteiger partial charge in [-0.3, -0.25) is 14.6 Å². The molecule has 9 nitrogen and oxygen atoms in total. The number of piperazine rings is 1. The van der Waals surface area contributed by atoms with Crippen LogP contribution in [-0.2, 0) is 16.0 Å². The first-order chi connectivity index (χ1) is 15.6. The van der Waals surface area contributed by atoms with Crippen molar-refractivity contribution in [1.82, 2.24) is 25.6 Å². The van der Waals surface area contributed by atoms with Crippen LogP contribution in [-0.4, -0.2) is 73.0 Å². The minimum Gasteiger partial charge on any atom is -0.493 e. The second-order valence-electron chi connectivity index (χ2n) is 7.98. The van der Waals surface area contributed by atoms with E-state index in [1.54, 1.807) is 32.7 Å². The first-order valence-electron chi connectivity index (χ1n) is 10.8. The van der Waals surface area contributed by atoms with Gasteiger partial charge in [-0.05, 0) is 41.8 Å². The zero-order chi connectivity index (χ0) is 22.5. The van der Waals surface area contributed by atoms with E-state index in [9.17, 15) is 9.59 Å². The quantitative estimate of drug-likeness (QED) is 0.691. The molecule has 0 saturated carbocycles. The summed E-state index contributed by atoms with van der Waals surface area (Å²) in [6, 6.07) is 9.22. The number of carbonyl (C=O) groups excluding carboxylic acids is 2. The molecule has 2 aliphatic rings. The van der Waals surface area contributed by atoms with Crippen LogP contribution in [0.2, 0.25) is 0 Å². The molecule has 2 amide bonds. The highest BCUT2D eigenvalue weighted by atomic mass is 16.5. The van der Waals surface area contributed by atoms with Crippen LogP contribution >= 0.6 is 0 Å². The van der Waals surface area contributed by atoms with E-state index in [4.69, 9.17) is 9.47 Å². The second-order valence-corrected chi connectivity index (χ2v) is 7.98. The first-order valence-corrected chi connectivity index (χ1v) is 10.8. The average Bonchev–Trinajstić information content (AvgIpc) is 3.34. The summed E-state index contributed by atoms with van der Waals surface area (Å²) in [6.07, 6.45) is 4.48. The lowest BCUT2D eigenvalue weighted by atomic mass is 10.0. The van der Waals surface area contributed by atoms with Crippen molar-refractivity contribution >= 4 is 11.8 Å². The Morgan fingerprint density at radius 1 is 0.969 bits per heavy atom. The minimum atomic E-state index is -0.276. The molecule has 3 heterocycles. The molecule has 2 aromatic rings. The lowest BCUT2D eigenvalue weighted by molar-refractivity contribution is -0.140. The van der Waals surface area contributed by atoms with Crippen molar-refractivity contribution in [2.24, 2.45) is 0 Å². The number of amides is 2. The normalized spacial score (nSPS) is 20.8. The predicted molar refractivity (Wildman–Crippen MR) is 118 cm³/mol. The smallest absolute Gasteiger partial charge is 0.241 e. The third kappa shape index (κ3) is 4.84. The van der Waals surface area contributed by atoms with E-state index >= 15 is 0 Å². The number of benzene rings is 1. The molecule has 2 saturated heterocycles. The number of nitrogens with zero attached hydrogens (tertiary/aromatic N) is 3. The molecule has 1 aromatic carbocycles. The highest BCUT2D eigenvalue weighted by Gasteiger charge is 2.34. The molecule has 0 spiro atoms. The van der Waals surface area contributed by atoms with Gasteiger partial charge in [0, 0.05) is 44.6 Å². The molecule has 1 aromatic heterocycles. The van der Waals surface area contributed by atoms with E-state index in [2.05, 4.69) is 15.8 Å². The Bertz CT molecular complexity index is 947. The van der Waals surface area contributed by atoms with Crippen molar-refractivity contribution in [1.29, 1.82) is 0 Å². The molecular formula is C23H29N5O4. The van der Waals surface area contributed by atoms with Gasteiger partial charge < -0.3 is 19.3 Å². The Hall–Kier alpha value is -3.17. The van der Waals surface area contributed by atoms with Gasteiger partial charge in [-0.25, -0.2) is 10.9 Å². The van der Waals surface area contributed by atoms with Crippen LogP contribution in [0.5, 0.6) is 11.5 Å². The Labute approximate surface area is 187 Å². The second kappa shape index (κ2) is 9.97. The van der Waals surface area contributed by atoms with Gasteiger partial charge in [0.2, 0.25) is 11.8 Å². The predicted octanol–water partition coefficient (Wildman–Crippen LogP) is 0.920. The van der Waals surface area contributed by atoms with E-state index in [0.717, 1.165) is 11.1 Å². The van der Waals surface area contributed by atoms with Gasteiger partial charge in [-0.2, -0.15) is 0 Å². The molecule has 2 aliphatic heterocycles. The molecule has 2 atom stereocenters. The molecule has 170 valence electrons. The number of hydrogen-bond acceptors (Lipinski definition) is 7. The number of aromatic nitrogens is 1. The molecular weight excluding hydrogens is 410 g/mol. The number of ether oxygens (including phenoxy) is 2. The lowest BCUT2D eigenvalue weighted by Crippen LogP contribution is -2.54. The summed E-state index contributed by atoms with van der Waals surface area (Å²) in [6.45, 7) is 2.14.